The van der Waals surface area contributed by atoms with Gasteiger partial charge in [0.05, 0.1) is 32.0 Å². The highest BCUT2D eigenvalue weighted by Gasteiger charge is 2.51. The monoisotopic (exact) mass is 1150 g/mol. The minimum absolute atomic E-state index is 0.221. The van der Waals surface area contributed by atoms with E-state index in [0.29, 0.717) is 19.3 Å². The van der Waals surface area contributed by atoms with E-state index in [4.69, 9.17) is 18.9 Å². The molecule has 2 aliphatic heterocycles. The van der Waals surface area contributed by atoms with Crippen LogP contribution in [-0.4, -0.2) is 140 Å². The first kappa shape index (κ1) is 74.5. The molecule has 2 fully saturated rings. The van der Waals surface area contributed by atoms with Crippen LogP contribution in [0.15, 0.2) is 122 Å². The van der Waals surface area contributed by atoms with Crippen LogP contribution in [0.4, 0.5) is 0 Å². The van der Waals surface area contributed by atoms with E-state index in [1.165, 1.54) is 51.4 Å². The summed E-state index contributed by atoms with van der Waals surface area (Å²) in [6.45, 7) is 2.66. The summed E-state index contributed by atoms with van der Waals surface area (Å²) in [4.78, 5) is 13.2. The van der Waals surface area contributed by atoms with Crippen LogP contribution in [0.3, 0.4) is 0 Å². The van der Waals surface area contributed by atoms with Crippen molar-refractivity contribution in [2.45, 2.75) is 280 Å². The Bertz CT molecular complexity index is 1840. The number of unbranched alkanes of at least 4 members (excludes halogenated alkanes) is 16. The molecule has 14 heteroatoms. The number of rotatable bonds is 49. The summed E-state index contributed by atoms with van der Waals surface area (Å²) >= 11 is 0. The molecule has 2 aliphatic rings. The summed E-state index contributed by atoms with van der Waals surface area (Å²) in [5, 5.41) is 86.8. The highest BCUT2D eigenvalue weighted by atomic mass is 16.7. The van der Waals surface area contributed by atoms with Gasteiger partial charge in [0.2, 0.25) is 5.91 Å². The van der Waals surface area contributed by atoms with Crippen molar-refractivity contribution in [2.24, 2.45) is 0 Å². The van der Waals surface area contributed by atoms with Crippen LogP contribution in [-0.2, 0) is 23.7 Å². The highest BCUT2D eigenvalue weighted by molar-refractivity contribution is 5.76. The largest absolute Gasteiger partial charge is 0.394 e. The second-order valence-electron chi connectivity index (χ2n) is 21.8. The van der Waals surface area contributed by atoms with Crippen molar-refractivity contribution in [1.82, 2.24) is 5.32 Å². The second kappa shape index (κ2) is 51.8. The van der Waals surface area contributed by atoms with Gasteiger partial charge in [-0.25, -0.2) is 0 Å². The summed E-state index contributed by atoms with van der Waals surface area (Å²) < 4.78 is 22.7. The molecule has 468 valence electrons. The number of aliphatic hydroxyl groups excluding tert-OH is 8. The Morgan fingerprint density at radius 3 is 1.29 bits per heavy atom. The van der Waals surface area contributed by atoms with Crippen LogP contribution in [0.5, 0.6) is 0 Å². The van der Waals surface area contributed by atoms with E-state index in [0.717, 1.165) is 122 Å². The van der Waals surface area contributed by atoms with Crippen LogP contribution in [0.25, 0.3) is 0 Å². The number of ether oxygens (including phenoxy) is 4. The SMILES string of the molecule is CC/C=C\C/C=C\C/C=C\C/C=C\C/C=C\C/C=C\C/C=C\C/C=C\C/C=C\C/C=C\CCCCCCCCCCCCC(=O)NC(COC1OC(CO)C(OC2OC(CO)C(O)C(O)C2O)C(O)C1O)C(O)CCCCCCCCC. The maximum atomic E-state index is 13.2. The number of carbonyl (C=O) groups is 1. The van der Waals surface area contributed by atoms with Gasteiger partial charge in [-0.05, 0) is 89.9 Å². The molecule has 2 heterocycles. The van der Waals surface area contributed by atoms with Gasteiger partial charge in [0.1, 0.15) is 48.8 Å². The molecule has 0 saturated carbocycles. The average molecular weight is 1150 g/mol. The molecule has 0 aromatic heterocycles. The van der Waals surface area contributed by atoms with Crippen molar-refractivity contribution in [3.05, 3.63) is 122 Å². The van der Waals surface area contributed by atoms with Gasteiger partial charge >= 0.3 is 0 Å². The lowest BCUT2D eigenvalue weighted by atomic mass is 9.97. The Kier molecular flexibility index (Phi) is 47.0. The first-order valence-corrected chi connectivity index (χ1v) is 31.8. The molecule has 12 unspecified atom stereocenters. The molecule has 1 amide bonds. The van der Waals surface area contributed by atoms with Crippen LogP contribution in [0.1, 0.15) is 206 Å². The number of aliphatic hydroxyl groups is 8. The van der Waals surface area contributed by atoms with Gasteiger partial charge in [-0.1, -0.05) is 232 Å². The van der Waals surface area contributed by atoms with Gasteiger partial charge in [0.25, 0.3) is 0 Å². The Morgan fingerprint density at radius 1 is 0.451 bits per heavy atom. The standard InChI is InChI=1S/C68H113NO13/c1-3-5-7-9-11-12-13-14-15-16-17-18-19-20-21-22-23-24-25-26-27-28-29-30-31-32-33-34-35-36-37-38-39-40-41-42-43-44-46-48-50-52-60(73)69-56(57(72)51-49-47-45-10-8-6-4-2)55-79-67-65(78)63(76)66(59(54-71)81-67)82-68-64(77)62(75)61(74)58(53-70)80-68/h5,7,11-12,14-15,17-18,20-21,23-24,26-27,29-30,32-33,35-36,56-59,61-68,70-72,74-78H,3-4,6,8-10,13,16,19,22,25,28,31,34,37-55H2,1-2H3,(H,69,73)/b7-5-,12-11-,15-14-,18-17-,21-20-,24-23-,27-26-,30-29-,33-32-,36-35-. The maximum absolute atomic E-state index is 13.2. The molecule has 2 saturated heterocycles. The summed E-state index contributed by atoms with van der Waals surface area (Å²) in [6, 6.07) is -0.835. The van der Waals surface area contributed by atoms with Crippen molar-refractivity contribution in [3.63, 3.8) is 0 Å². The molecular formula is C68H113NO13. The molecular weight excluding hydrogens is 1040 g/mol. The van der Waals surface area contributed by atoms with Gasteiger partial charge in [-0.2, -0.15) is 0 Å². The van der Waals surface area contributed by atoms with Crippen LogP contribution >= 0.6 is 0 Å². The average Bonchev–Trinajstić information content (AvgIpc) is 3.65. The van der Waals surface area contributed by atoms with E-state index < -0.39 is 86.8 Å². The topological polar surface area (TPSA) is 228 Å². The van der Waals surface area contributed by atoms with E-state index in [1.54, 1.807) is 0 Å². The first-order chi connectivity index (χ1) is 40.1. The quantitative estimate of drug-likeness (QED) is 0.0204. The fourth-order valence-electron chi connectivity index (χ4n) is 9.62. The maximum Gasteiger partial charge on any atom is 0.220 e. The van der Waals surface area contributed by atoms with E-state index in [-0.39, 0.29) is 12.5 Å². The highest BCUT2D eigenvalue weighted by Crippen LogP contribution is 2.30. The molecule has 0 radical (unpaired) electrons. The minimum atomic E-state index is -1.79. The van der Waals surface area contributed by atoms with Gasteiger partial charge in [0.15, 0.2) is 12.6 Å². The van der Waals surface area contributed by atoms with Gasteiger partial charge in [-0.15, -0.1) is 0 Å². The molecule has 0 bridgehead atoms. The van der Waals surface area contributed by atoms with Crippen molar-refractivity contribution in [3.8, 4) is 0 Å². The predicted molar refractivity (Wildman–Crippen MR) is 332 cm³/mol. The van der Waals surface area contributed by atoms with Crippen LogP contribution < -0.4 is 5.32 Å². The molecule has 0 aliphatic carbocycles. The Hall–Kier alpha value is -3.61. The van der Waals surface area contributed by atoms with Crippen LogP contribution in [0.2, 0.25) is 0 Å². The predicted octanol–water partition coefficient (Wildman–Crippen LogP) is 11.8. The lowest BCUT2D eigenvalue weighted by Crippen LogP contribution is -2.65. The second-order valence-corrected chi connectivity index (χ2v) is 21.8. The fourth-order valence-corrected chi connectivity index (χ4v) is 9.62. The molecule has 14 nitrogen and oxygen atoms in total. The first-order valence-electron chi connectivity index (χ1n) is 31.8. The van der Waals surface area contributed by atoms with Crippen LogP contribution in [0, 0.1) is 0 Å². The van der Waals surface area contributed by atoms with Gasteiger partial charge < -0.3 is 65.1 Å². The van der Waals surface area contributed by atoms with Crippen molar-refractivity contribution >= 4 is 5.91 Å². The van der Waals surface area contributed by atoms with Gasteiger partial charge in [-0.3, -0.25) is 4.79 Å². The van der Waals surface area contributed by atoms with Crippen molar-refractivity contribution < 1.29 is 64.6 Å². The third-order valence-electron chi connectivity index (χ3n) is 14.7. The fraction of sp³-hybridized carbons (Fsp3) is 0.691. The third-order valence-corrected chi connectivity index (χ3v) is 14.7. The van der Waals surface area contributed by atoms with E-state index in [2.05, 4.69) is 141 Å². The Balaban J connectivity index is 1.55. The molecule has 2 rings (SSSR count). The number of hydrogen-bond acceptors (Lipinski definition) is 13. The summed E-state index contributed by atoms with van der Waals surface area (Å²) in [5.74, 6) is -0.221. The summed E-state index contributed by atoms with van der Waals surface area (Å²) in [7, 11) is 0. The molecule has 0 spiro atoms. The molecule has 82 heavy (non-hydrogen) atoms. The molecule has 12 atom stereocenters. The number of hydrogen-bond donors (Lipinski definition) is 9. The third kappa shape index (κ3) is 36.3. The molecule has 0 aromatic rings. The zero-order chi connectivity index (χ0) is 59.5. The summed E-state index contributed by atoms with van der Waals surface area (Å²) in [6.07, 6.45) is 58.3. The van der Waals surface area contributed by atoms with E-state index in [1.807, 2.05) is 0 Å². The lowest BCUT2D eigenvalue weighted by molar-refractivity contribution is -0.359. The van der Waals surface area contributed by atoms with Crippen molar-refractivity contribution in [1.29, 1.82) is 0 Å². The zero-order valence-corrected chi connectivity index (χ0v) is 50.4. The Morgan fingerprint density at radius 2 is 0.841 bits per heavy atom. The van der Waals surface area contributed by atoms with E-state index in [9.17, 15) is 45.6 Å². The smallest absolute Gasteiger partial charge is 0.220 e. The molecule has 0 aromatic carbocycles. The number of amides is 1. The Labute approximate surface area is 495 Å². The van der Waals surface area contributed by atoms with E-state index >= 15 is 0 Å². The van der Waals surface area contributed by atoms with Crippen molar-refractivity contribution in [2.75, 3.05) is 19.8 Å². The zero-order valence-electron chi connectivity index (χ0n) is 50.4. The number of carbonyl (C=O) groups excluding carboxylic acids is 1. The van der Waals surface area contributed by atoms with Gasteiger partial charge in [0, 0.05) is 6.42 Å². The lowest BCUT2D eigenvalue weighted by Gasteiger charge is -2.46. The normalized spacial score (nSPS) is 24.8. The minimum Gasteiger partial charge on any atom is -0.394 e. The molecule has 9 N–H and O–H groups in total. The number of allylic oxidation sites excluding steroid dienone is 20. The number of nitrogens with one attached hydrogen (secondary N) is 1. The summed E-state index contributed by atoms with van der Waals surface area (Å²) in [5.41, 5.74) is 0.